The monoisotopic (exact) mass is 309 g/mol. The normalized spacial score (nSPS) is 20.2. The highest BCUT2D eigenvalue weighted by Gasteiger charge is 2.32. The standard InChI is InChI=1S/C15H23N3O2S/c1-5-18-10-12(8-16-18)9-17-6-7-21-11-13(17)14(19)20-15(2,3)4/h5,8,10,13H,1,6-7,9,11H2,2-4H3. The largest absolute Gasteiger partial charge is 0.459 e. The molecule has 0 amide bonds. The fourth-order valence-electron chi connectivity index (χ4n) is 2.21. The number of hydrogen-bond donors (Lipinski definition) is 0. The topological polar surface area (TPSA) is 47.4 Å². The molecule has 1 atom stereocenters. The highest BCUT2D eigenvalue weighted by molar-refractivity contribution is 7.99. The molecule has 0 saturated carbocycles. The first-order valence-corrected chi connectivity index (χ1v) is 8.25. The van der Waals surface area contributed by atoms with Gasteiger partial charge in [-0.1, -0.05) is 6.58 Å². The third kappa shape index (κ3) is 4.61. The van der Waals surface area contributed by atoms with E-state index >= 15 is 0 Å². The van der Waals surface area contributed by atoms with Gasteiger partial charge >= 0.3 is 5.97 Å². The number of aromatic nitrogens is 2. The van der Waals surface area contributed by atoms with Gasteiger partial charge in [0.15, 0.2) is 0 Å². The molecule has 1 saturated heterocycles. The van der Waals surface area contributed by atoms with Gasteiger partial charge in [-0.3, -0.25) is 9.69 Å². The number of esters is 1. The molecule has 0 aromatic carbocycles. The van der Waals surface area contributed by atoms with E-state index in [1.807, 2.05) is 33.2 Å². The first-order valence-electron chi connectivity index (χ1n) is 7.09. The van der Waals surface area contributed by atoms with Crippen LogP contribution in [0.3, 0.4) is 0 Å². The summed E-state index contributed by atoms with van der Waals surface area (Å²) in [5.74, 6) is 1.69. The lowest BCUT2D eigenvalue weighted by atomic mass is 10.2. The maximum Gasteiger partial charge on any atom is 0.324 e. The Morgan fingerprint density at radius 2 is 2.38 bits per heavy atom. The average Bonchev–Trinajstić information content (AvgIpc) is 2.85. The lowest BCUT2D eigenvalue weighted by Gasteiger charge is -2.35. The Morgan fingerprint density at radius 3 is 3.00 bits per heavy atom. The van der Waals surface area contributed by atoms with Crippen LogP contribution in [0.15, 0.2) is 19.0 Å². The summed E-state index contributed by atoms with van der Waals surface area (Å²) in [6, 6.07) is -0.185. The summed E-state index contributed by atoms with van der Waals surface area (Å²) >= 11 is 1.80. The second-order valence-electron chi connectivity index (χ2n) is 6.11. The van der Waals surface area contributed by atoms with Crippen molar-refractivity contribution < 1.29 is 9.53 Å². The van der Waals surface area contributed by atoms with Gasteiger partial charge in [0.1, 0.15) is 11.6 Å². The molecule has 6 heteroatoms. The lowest BCUT2D eigenvalue weighted by Crippen LogP contribution is -2.49. The van der Waals surface area contributed by atoms with Crippen molar-refractivity contribution in [3.63, 3.8) is 0 Å². The van der Waals surface area contributed by atoms with Gasteiger partial charge in [0.05, 0.1) is 6.20 Å². The van der Waals surface area contributed by atoms with Gasteiger partial charge in [0, 0.05) is 42.6 Å². The van der Waals surface area contributed by atoms with E-state index in [1.165, 1.54) is 0 Å². The number of ether oxygens (including phenoxy) is 1. The summed E-state index contributed by atoms with van der Waals surface area (Å²) in [4.78, 5) is 14.5. The molecule has 1 unspecified atom stereocenters. The zero-order chi connectivity index (χ0) is 15.5. The number of thioether (sulfide) groups is 1. The number of carbonyl (C=O) groups is 1. The van der Waals surface area contributed by atoms with Gasteiger partial charge < -0.3 is 4.74 Å². The van der Waals surface area contributed by atoms with Crippen molar-refractivity contribution in [2.75, 3.05) is 18.1 Å². The lowest BCUT2D eigenvalue weighted by molar-refractivity contribution is -0.160. The van der Waals surface area contributed by atoms with Gasteiger partial charge in [0.2, 0.25) is 0 Å². The molecule has 1 aromatic heterocycles. The minimum absolute atomic E-state index is 0.134. The van der Waals surface area contributed by atoms with Crippen LogP contribution in [0.1, 0.15) is 26.3 Å². The van der Waals surface area contributed by atoms with E-state index in [0.29, 0.717) is 6.54 Å². The summed E-state index contributed by atoms with van der Waals surface area (Å²) in [6.07, 6.45) is 5.40. The van der Waals surface area contributed by atoms with Crippen molar-refractivity contribution in [1.82, 2.24) is 14.7 Å². The zero-order valence-electron chi connectivity index (χ0n) is 12.9. The molecule has 5 nitrogen and oxygen atoms in total. The van der Waals surface area contributed by atoms with Crippen LogP contribution in [0.25, 0.3) is 6.20 Å². The first-order chi connectivity index (χ1) is 9.89. The number of rotatable bonds is 4. The number of carbonyl (C=O) groups excluding carboxylic acids is 1. The minimum atomic E-state index is -0.446. The molecule has 2 rings (SSSR count). The molecule has 1 fully saturated rings. The Morgan fingerprint density at radius 1 is 1.62 bits per heavy atom. The highest BCUT2D eigenvalue weighted by atomic mass is 32.2. The van der Waals surface area contributed by atoms with Crippen molar-refractivity contribution in [1.29, 1.82) is 0 Å². The summed E-state index contributed by atoms with van der Waals surface area (Å²) in [6.45, 7) is 11.0. The molecule has 0 spiro atoms. The van der Waals surface area contributed by atoms with E-state index in [0.717, 1.165) is 23.6 Å². The molecule has 1 aliphatic rings. The molecule has 0 aliphatic carbocycles. The quantitative estimate of drug-likeness (QED) is 0.798. The molecule has 21 heavy (non-hydrogen) atoms. The molecule has 0 bridgehead atoms. The molecule has 1 aliphatic heterocycles. The average molecular weight is 309 g/mol. The molecular formula is C15H23N3O2S. The van der Waals surface area contributed by atoms with E-state index in [9.17, 15) is 4.79 Å². The molecule has 2 heterocycles. The van der Waals surface area contributed by atoms with Crippen molar-refractivity contribution in [2.24, 2.45) is 0 Å². The Labute approximate surface area is 130 Å². The second-order valence-corrected chi connectivity index (χ2v) is 7.26. The molecular weight excluding hydrogens is 286 g/mol. The van der Waals surface area contributed by atoms with Crippen LogP contribution < -0.4 is 0 Å². The van der Waals surface area contributed by atoms with Crippen LogP contribution in [-0.2, 0) is 16.1 Å². The first kappa shape index (κ1) is 16.1. The maximum absolute atomic E-state index is 12.4. The fraction of sp³-hybridized carbons (Fsp3) is 0.600. The summed E-state index contributed by atoms with van der Waals surface area (Å²) in [7, 11) is 0. The Bertz CT molecular complexity index is 507. The van der Waals surface area contributed by atoms with E-state index in [1.54, 1.807) is 22.6 Å². The maximum atomic E-state index is 12.4. The molecule has 116 valence electrons. The van der Waals surface area contributed by atoms with Gasteiger partial charge in [-0.15, -0.1) is 0 Å². The minimum Gasteiger partial charge on any atom is -0.459 e. The SMILES string of the molecule is C=Cn1cc(CN2CCSCC2C(=O)OC(C)(C)C)cn1. The molecule has 0 radical (unpaired) electrons. The predicted octanol–water partition coefficient (Wildman–Crippen LogP) is 2.24. The third-order valence-electron chi connectivity index (χ3n) is 3.15. The summed E-state index contributed by atoms with van der Waals surface area (Å²) in [5, 5.41) is 4.18. The zero-order valence-corrected chi connectivity index (χ0v) is 13.7. The van der Waals surface area contributed by atoms with Crippen LogP contribution in [0.4, 0.5) is 0 Å². The summed E-state index contributed by atoms with van der Waals surface area (Å²) in [5.41, 5.74) is 0.633. The number of hydrogen-bond acceptors (Lipinski definition) is 5. The Kier molecular flexibility index (Phi) is 5.11. The van der Waals surface area contributed by atoms with Gasteiger partial charge in [-0.25, -0.2) is 4.68 Å². The third-order valence-corrected chi connectivity index (χ3v) is 4.17. The molecule has 1 aromatic rings. The van der Waals surface area contributed by atoms with Crippen molar-refractivity contribution >= 4 is 23.9 Å². The van der Waals surface area contributed by atoms with Gasteiger partial charge in [0.25, 0.3) is 0 Å². The van der Waals surface area contributed by atoms with Crippen LogP contribution in [-0.4, -0.2) is 50.3 Å². The highest BCUT2D eigenvalue weighted by Crippen LogP contribution is 2.22. The van der Waals surface area contributed by atoms with Crippen molar-refractivity contribution in [3.05, 3.63) is 24.5 Å². The fourth-order valence-corrected chi connectivity index (χ4v) is 3.31. The van der Waals surface area contributed by atoms with Crippen LogP contribution in [0.5, 0.6) is 0 Å². The van der Waals surface area contributed by atoms with Gasteiger partial charge in [-0.05, 0) is 20.8 Å². The van der Waals surface area contributed by atoms with E-state index in [-0.39, 0.29) is 12.0 Å². The molecule has 0 N–H and O–H groups in total. The van der Waals surface area contributed by atoms with Crippen LogP contribution in [0, 0.1) is 0 Å². The Hall–Kier alpha value is -1.27. The smallest absolute Gasteiger partial charge is 0.324 e. The van der Waals surface area contributed by atoms with Crippen LogP contribution in [0.2, 0.25) is 0 Å². The van der Waals surface area contributed by atoms with E-state index in [2.05, 4.69) is 16.6 Å². The predicted molar refractivity (Wildman–Crippen MR) is 86.0 cm³/mol. The van der Waals surface area contributed by atoms with Crippen LogP contribution >= 0.6 is 11.8 Å². The second kappa shape index (κ2) is 6.66. The van der Waals surface area contributed by atoms with Gasteiger partial charge in [-0.2, -0.15) is 16.9 Å². The summed E-state index contributed by atoms with van der Waals surface area (Å²) < 4.78 is 7.22. The van der Waals surface area contributed by atoms with Crippen molar-refractivity contribution in [2.45, 2.75) is 39.0 Å². The Balaban J connectivity index is 2.04. The van der Waals surface area contributed by atoms with E-state index in [4.69, 9.17) is 4.74 Å². The van der Waals surface area contributed by atoms with E-state index < -0.39 is 5.60 Å². The van der Waals surface area contributed by atoms with Crippen molar-refractivity contribution in [3.8, 4) is 0 Å². The number of nitrogens with zero attached hydrogens (tertiary/aromatic N) is 3.